The number of urea groups is 1. The van der Waals surface area contributed by atoms with Gasteiger partial charge in [-0.2, -0.15) is 0 Å². The van der Waals surface area contributed by atoms with E-state index in [0.717, 1.165) is 4.57 Å². The minimum atomic E-state index is -4.76. The number of hydrogen-bond acceptors (Lipinski definition) is 11. The highest BCUT2D eigenvalue weighted by Crippen LogP contribution is 2.48. The maximum atomic E-state index is 12.9. The summed E-state index contributed by atoms with van der Waals surface area (Å²) in [5.74, 6) is -0.658. The van der Waals surface area contributed by atoms with Gasteiger partial charge in [-0.05, 0) is 13.3 Å². The van der Waals surface area contributed by atoms with Gasteiger partial charge in [-0.25, -0.2) is 14.2 Å². The summed E-state index contributed by atoms with van der Waals surface area (Å²) in [5, 5.41) is 22.4. The highest BCUT2D eigenvalue weighted by molar-refractivity contribution is 7.47. The summed E-state index contributed by atoms with van der Waals surface area (Å²) >= 11 is 0. The van der Waals surface area contributed by atoms with E-state index >= 15 is 0 Å². The normalized spacial score (nSPS) is 40.4. The van der Waals surface area contributed by atoms with Gasteiger partial charge >= 0.3 is 19.5 Å². The lowest BCUT2D eigenvalue weighted by Crippen LogP contribution is -2.62. The number of phosphoric acid groups is 1. The molecule has 17 heteroatoms. The molecule has 0 saturated carbocycles. The van der Waals surface area contributed by atoms with E-state index in [9.17, 15) is 38.8 Å². The predicted octanol–water partition coefficient (Wildman–Crippen LogP) is -2.09. The number of aromatic amines is 1. The van der Waals surface area contributed by atoms with Gasteiger partial charge in [0.15, 0.2) is 0 Å². The van der Waals surface area contributed by atoms with Crippen molar-refractivity contribution in [2.75, 3.05) is 19.8 Å². The molecule has 0 radical (unpaired) electrons. The number of aliphatic hydroxyl groups is 2. The maximum Gasteiger partial charge on any atom is 0.472 e. The number of hydrogen-bond donors (Lipinski definition) is 5. The minimum Gasteiger partial charge on any atom is -0.394 e. The summed E-state index contributed by atoms with van der Waals surface area (Å²) in [6, 6.07) is -0.787. The summed E-state index contributed by atoms with van der Waals surface area (Å²) in [7, 11) is -4.76. The first-order valence-corrected chi connectivity index (χ1v) is 13.1. The molecule has 8 atom stereocenters. The van der Waals surface area contributed by atoms with Crippen LogP contribution in [-0.2, 0) is 34.3 Å². The average molecular weight is 546 g/mol. The molecule has 1 unspecified atom stereocenters. The van der Waals surface area contributed by atoms with Crippen molar-refractivity contribution in [2.45, 2.75) is 63.1 Å². The lowest BCUT2D eigenvalue weighted by atomic mass is 9.81. The average Bonchev–Trinajstić information content (AvgIpc) is 3.39. The van der Waals surface area contributed by atoms with Gasteiger partial charge in [0.05, 0.1) is 24.7 Å². The third-order valence-electron chi connectivity index (χ3n) is 7.06. The number of ether oxygens (including phenoxy) is 2. The first kappa shape index (κ1) is 26.2. The molecule has 3 amide bonds. The van der Waals surface area contributed by atoms with Crippen molar-refractivity contribution in [2.24, 2.45) is 5.41 Å². The lowest BCUT2D eigenvalue weighted by molar-refractivity contribution is -0.136. The molecule has 4 aliphatic rings. The van der Waals surface area contributed by atoms with Crippen LogP contribution in [0.4, 0.5) is 4.79 Å². The van der Waals surface area contributed by atoms with Crippen LogP contribution in [0.5, 0.6) is 0 Å². The number of rotatable bonds is 1. The van der Waals surface area contributed by atoms with Crippen LogP contribution in [0.2, 0.25) is 0 Å². The number of carbonyl (C=O) groups excluding carboxylic acids is 2. The summed E-state index contributed by atoms with van der Waals surface area (Å²) < 4.78 is 35.3. The number of amides is 3. The molecule has 0 spiro atoms. The van der Waals surface area contributed by atoms with E-state index in [-0.39, 0.29) is 31.4 Å². The number of nitrogens with one attached hydrogen (secondary N) is 2. The molecule has 37 heavy (non-hydrogen) atoms. The van der Waals surface area contributed by atoms with Gasteiger partial charge < -0.3 is 24.6 Å². The summed E-state index contributed by atoms with van der Waals surface area (Å²) in [6.45, 7) is 0.146. The summed E-state index contributed by atoms with van der Waals surface area (Å²) in [6.07, 6.45) is -5.81. The molecule has 0 aliphatic carbocycles. The lowest BCUT2D eigenvalue weighted by Gasteiger charge is -2.41. The number of fused-ring (bicyclic) bond motifs is 10. The highest BCUT2D eigenvalue weighted by Gasteiger charge is 2.50. The van der Waals surface area contributed by atoms with E-state index in [1.165, 1.54) is 18.0 Å². The van der Waals surface area contributed by atoms with Crippen LogP contribution in [0.1, 0.15) is 31.6 Å². The number of H-pyrrole nitrogens is 1. The fourth-order valence-electron chi connectivity index (χ4n) is 5.07. The topological polar surface area (TPSA) is 219 Å². The Bertz CT molecular complexity index is 1270. The summed E-state index contributed by atoms with van der Waals surface area (Å²) in [4.78, 5) is 64.4. The van der Waals surface area contributed by atoms with E-state index in [2.05, 4.69) is 10.3 Å². The monoisotopic (exact) mass is 546 g/mol. The molecule has 5 N–H and O–H groups in total. The number of imide groups is 1. The summed E-state index contributed by atoms with van der Waals surface area (Å²) in [5.41, 5.74) is -2.85. The molecule has 3 fully saturated rings. The first-order valence-electron chi connectivity index (χ1n) is 11.6. The Kier molecular flexibility index (Phi) is 6.65. The fourth-order valence-corrected chi connectivity index (χ4v) is 6.03. The van der Waals surface area contributed by atoms with Gasteiger partial charge in [-0.15, -0.1) is 0 Å². The molecule has 1 aromatic heterocycles. The SMILES string of the molecule is C[C@@]12Cc3cn(c(=O)[nH]c3=O)[C@H]3C[C@H](O)[C@@H](COP(=O)(O)O[C@H]4C[C@@H](O[C@@H]4CO)N(C1)C(=O)NC2=O)O3. The Balaban J connectivity index is 1.56. The van der Waals surface area contributed by atoms with Crippen molar-refractivity contribution in [1.82, 2.24) is 19.8 Å². The highest BCUT2D eigenvalue weighted by atomic mass is 31.2. The van der Waals surface area contributed by atoms with E-state index in [4.69, 9.17) is 18.5 Å². The standard InChI is InChI=1S/C20H27N4O12P/c1-20-4-9-5-23(18(29)21-16(9)27)14-2-10(26)13(35-14)7-33-37(31,32)36-11-3-15(34-12(11)6-25)24(8-20)19(30)22-17(20)28/h5,10-15,25-26H,2-4,6-8H2,1H3,(H,31,32)(H,21,27,29)(H,22,28,30)/t10-,11-,12+,13+,14+,15+,20+/m0/s1. The zero-order chi connectivity index (χ0) is 26.7. The Labute approximate surface area is 208 Å². The van der Waals surface area contributed by atoms with Crippen molar-refractivity contribution in [3.8, 4) is 0 Å². The van der Waals surface area contributed by atoms with Crippen LogP contribution in [-0.4, -0.2) is 91.9 Å². The van der Waals surface area contributed by atoms with Gasteiger partial charge in [0.25, 0.3) is 5.56 Å². The third kappa shape index (κ3) is 4.91. The second-order valence-electron chi connectivity index (χ2n) is 9.83. The van der Waals surface area contributed by atoms with Crippen LogP contribution in [0.3, 0.4) is 0 Å². The zero-order valence-corrected chi connectivity index (χ0v) is 20.5. The van der Waals surface area contributed by atoms with Gasteiger partial charge in [0, 0.05) is 31.1 Å². The quantitative estimate of drug-likeness (QED) is 0.240. The number of phosphoric ester groups is 1. The Morgan fingerprint density at radius 3 is 2.65 bits per heavy atom. The Hall–Kier alpha value is -2.43. The molecule has 204 valence electrons. The largest absolute Gasteiger partial charge is 0.472 e. The Morgan fingerprint density at radius 2 is 1.92 bits per heavy atom. The third-order valence-corrected chi connectivity index (χ3v) is 8.08. The predicted molar refractivity (Wildman–Crippen MR) is 119 cm³/mol. The second-order valence-corrected chi connectivity index (χ2v) is 11.2. The molecule has 4 aliphatic heterocycles. The van der Waals surface area contributed by atoms with Crippen LogP contribution >= 0.6 is 7.82 Å². The van der Waals surface area contributed by atoms with Crippen molar-refractivity contribution < 1.29 is 47.8 Å². The van der Waals surface area contributed by atoms with Gasteiger partial charge in [-0.1, -0.05) is 0 Å². The van der Waals surface area contributed by atoms with E-state index < -0.39 is 86.5 Å². The molecule has 3 saturated heterocycles. The van der Waals surface area contributed by atoms with Gasteiger partial charge in [0.1, 0.15) is 30.8 Å². The van der Waals surface area contributed by atoms with Crippen LogP contribution < -0.4 is 16.6 Å². The van der Waals surface area contributed by atoms with E-state index in [1.54, 1.807) is 0 Å². The minimum absolute atomic E-state index is 0.0512. The molecule has 1 aromatic rings. The smallest absolute Gasteiger partial charge is 0.394 e. The van der Waals surface area contributed by atoms with E-state index in [0.29, 0.717) is 0 Å². The molecule has 8 bridgehead atoms. The maximum absolute atomic E-state index is 12.9. The molecule has 0 aromatic carbocycles. The van der Waals surface area contributed by atoms with Gasteiger partial charge in [-0.3, -0.25) is 38.4 Å². The zero-order valence-electron chi connectivity index (χ0n) is 19.6. The number of aromatic nitrogens is 2. The Morgan fingerprint density at radius 1 is 1.16 bits per heavy atom. The van der Waals surface area contributed by atoms with Crippen molar-refractivity contribution in [3.63, 3.8) is 0 Å². The van der Waals surface area contributed by atoms with E-state index in [1.807, 2.05) is 0 Å². The molecule has 16 nitrogen and oxygen atoms in total. The molecule has 5 rings (SSSR count). The van der Waals surface area contributed by atoms with Crippen LogP contribution in [0.25, 0.3) is 0 Å². The van der Waals surface area contributed by atoms with Crippen molar-refractivity contribution >= 4 is 19.8 Å². The number of aliphatic hydroxyl groups excluding tert-OH is 2. The van der Waals surface area contributed by atoms with Crippen molar-refractivity contribution in [3.05, 3.63) is 32.6 Å². The molecular formula is C20H27N4O12P. The number of nitrogens with zero attached hydrogens (tertiary/aromatic N) is 2. The van der Waals surface area contributed by atoms with Crippen LogP contribution in [0, 0.1) is 5.41 Å². The van der Waals surface area contributed by atoms with Crippen LogP contribution in [0.15, 0.2) is 15.8 Å². The number of carbonyl (C=O) groups is 2. The van der Waals surface area contributed by atoms with Gasteiger partial charge in [0.2, 0.25) is 5.91 Å². The molecule has 5 heterocycles. The first-order chi connectivity index (χ1) is 17.4. The fraction of sp³-hybridized carbons (Fsp3) is 0.700. The molecular weight excluding hydrogens is 519 g/mol. The second kappa shape index (κ2) is 9.39. The van der Waals surface area contributed by atoms with Crippen molar-refractivity contribution in [1.29, 1.82) is 0 Å².